The minimum absolute atomic E-state index is 0.221. The van der Waals surface area contributed by atoms with Gasteiger partial charge in [-0.1, -0.05) is 30.4 Å². The third-order valence-electron chi connectivity index (χ3n) is 7.24. The van der Waals surface area contributed by atoms with Crippen LogP contribution in [-0.4, -0.2) is 54.0 Å². The van der Waals surface area contributed by atoms with Crippen LogP contribution in [0.2, 0.25) is 0 Å². The van der Waals surface area contributed by atoms with E-state index in [4.69, 9.17) is 0 Å². The molecule has 2 unspecified atom stereocenters. The summed E-state index contributed by atoms with van der Waals surface area (Å²) in [5.41, 5.74) is 4.43. The summed E-state index contributed by atoms with van der Waals surface area (Å²) in [6, 6.07) is 17.5. The van der Waals surface area contributed by atoms with E-state index < -0.39 is 0 Å². The van der Waals surface area contributed by atoms with Crippen molar-refractivity contribution in [1.82, 2.24) is 9.80 Å². The lowest BCUT2D eigenvalue weighted by Crippen LogP contribution is -2.56. The summed E-state index contributed by atoms with van der Waals surface area (Å²) in [5.74, 6) is 1.15. The first-order chi connectivity index (χ1) is 14.8. The molecular formula is C26H29N3O. The molecule has 2 aromatic rings. The quantitative estimate of drug-likeness (QED) is 0.755. The van der Waals surface area contributed by atoms with E-state index >= 15 is 0 Å². The lowest BCUT2D eigenvalue weighted by molar-refractivity contribution is 0.0412. The van der Waals surface area contributed by atoms with Crippen LogP contribution < -0.4 is 4.90 Å². The Bertz CT molecular complexity index is 964. The maximum atomic E-state index is 13.4. The zero-order chi connectivity index (χ0) is 20.1. The molecule has 4 nitrogen and oxygen atoms in total. The largest absolute Gasteiger partial charge is 0.337 e. The summed E-state index contributed by atoms with van der Waals surface area (Å²) in [6.07, 6.45) is 9.50. The molecule has 0 radical (unpaired) electrons. The van der Waals surface area contributed by atoms with Crippen molar-refractivity contribution in [2.24, 2.45) is 5.92 Å². The summed E-state index contributed by atoms with van der Waals surface area (Å²) in [7, 11) is 0. The van der Waals surface area contributed by atoms with Crippen LogP contribution in [0.25, 0.3) is 6.08 Å². The van der Waals surface area contributed by atoms with E-state index in [1.165, 1.54) is 30.6 Å². The Morgan fingerprint density at radius 3 is 2.37 bits per heavy atom. The Balaban J connectivity index is 1.19. The van der Waals surface area contributed by atoms with Crippen molar-refractivity contribution in [2.45, 2.75) is 37.8 Å². The highest BCUT2D eigenvalue weighted by atomic mass is 16.2. The van der Waals surface area contributed by atoms with Gasteiger partial charge >= 0.3 is 0 Å². The van der Waals surface area contributed by atoms with Crippen molar-refractivity contribution in [3.8, 4) is 0 Å². The number of benzene rings is 2. The van der Waals surface area contributed by atoms with Gasteiger partial charge in [0.2, 0.25) is 0 Å². The number of hydrogen-bond acceptors (Lipinski definition) is 3. The van der Waals surface area contributed by atoms with Crippen LogP contribution in [0.5, 0.6) is 0 Å². The van der Waals surface area contributed by atoms with Crippen molar-refractivity contribution in [3.63, 3.8) is 0 Å². The van der Waals surface area contributed by atoms with Gasteiger partial charge in [0, 0.05) is 55.2 Å². The van der Waals surface area contributed by atoms with Crippen LogP contribution in [0, 0.1) is 5.92 Å². The van der Waals surface area contributed by atoms with Crippen LogP contribution in [0.15, 0.2) is 54.6 Å². The van der Waals surface area contributed by atoms with Gasteiger partial charge < -0.3 is 9.80 Å². The fraction of sp³-hybridized carbons (Fsp3) is 0.423. The number of carbonyl (C=O) groups is 1. The number of hydrogen-bond donors (Lipinski definition) is 0. The molecule has 3 aliphatic heterocycles. The van der Waals surface area contributed by atoms with Gasteiger partial charge in [0.05, 0.1) is 0 Å². The molecule has 4 aliphatic rings. The number of fused-ring (bicyclic) bond motifs is 3. The second kappa shape index (κ2) is 7.28. The van der Waals surface area contributed by atoms with E-state index in [1.54, 1.807) is 0 Å². The molecule has 2 saturated heterocycles. The van der Waals surface area contributed by atoms with Crippen molar-refractivity contribution in [3.05, 3.63) is 65.7 Å². The highest BCUT2D eigenvalue weighted by molar-refractivity contribution is 5.95. The molecule has 154 valence electrons. The van der Waals surface area contributed by atoms with Gasteiger partial charge in [-0.2, -0.15) is 0 Å². The summed E-state index contributed by atoms with van der Waals surface area (Å²) in [4.78, 5) is 20.5. The number of likely N-dealkylation sites (tertiary alicyclic amines) is 1. The second-order valence-corrected chi connectivity index (χ2v) is 9.38. The van der Waals surface area contributed by atoms with Crippen molar-refractivity contribution >= 4 is 23.4 Å². The standard InChI is InChI=1S/C26H29N3O/c30-26(29-23-13-14-24(29)18-27(17-23)16-19-7-8-19)21-9-11-22(12-10-21)28-15-3-5-20-4-1-2-6-25(20)28/h1-6,9-12,19,23-24H,7-8,13-18H2. The average molecular weight is 400 g/mol. The Hall–Kier alpha value is -2.59. The van der Waals surface area contributed by atoms with Crippen molar-refractivity contribution in [2.75, 3.05) is 31.1 Å². The Labute approximate surface area is 178 Å². The zero-order valence-corrected chi connectivity index (χ0v) is 17.4. The highest BCUT2D eigenvalue weighted by Crippen LogP contribution is 2.36. The molecule has 1 aliphatic carbocycles. The monoisotopic (exact) mass is 399 g/mol. The molecule has 1 amide bonds. The smallest absolute Gasteiger partial charge is 0.254 e. The van der Waals surface area contributed by atoms with Gasteiger partial charge in [-0.3, -0.25) is 9.69 Å². The molecule has 1 saturated carbocycles. The molecule has 2 bridgehead atoms. The molecule has 6 rings (SSSR count). The summed E-state index contributed by atoms with van der Waals surface area (Å²) in [5, 5.41) is 0. The molecule has 2 atom stereocenters. The topological polar surface area (TPSA) is 26.8 Å². The van der Waals surface area contributed by atoms with Crippen LogP contribution in [-0.2, 0) is 0 Å². The van der Waals surface area contributed by atoms with Crippen LogP contribution in [0.1, 0.15) is 41.6 Å². The minimum Gasteiger partial charge on any atom is -0.337 e. The summed E-state index contributed by atoms with van der Waals surface area (Å²) in [6.45, 7) is 4.23. The van der Waals surface area contributed by atoms with Crippen molar-refractivity contribution in [1.29, 1.82) is 0 Å². The first-order valence-corrected chi connectivity index (χ1v) is 11.4. The Morgan fingerprint density at radius 1 is 0.900 bits per heavy atom. The predicted octanol–water partition coefficient (Wildman–Crippen LogP) is 4.55. The molecule has 3 fully saturated rings. The highest BCUT2D eigenvalue weighted by Gasteiger charge is 2.43. The van der Waals surface area contributed by atoms with Gasteiger partial charge in [-0.25, -0.2) is 0 Å². The molecule has 0 aromatic heterocycles. The number of piperazine rings is 1. The lowest BCUT2D eigenvalue weighted by atomic mass is 10.1. The zero-order valence-electron chi connectivity index (χ0n) is 17.4. The number of para-hydroxylation sites is 1. The Morgan fingerprint density at radius 2 is 1.63 bits per heavy atom. The number of amides is 1. The number of nitrogens with zero attached hydrogens (tertiary/aromatic N) is 3. The molecule has 3 heterocycles. The molecular weight excluding hydrogens is 370 g/mol. The third kappa shape index (κ3) is 3.24. The van der Waals surface area contributed by atoms with Gasteiger partial charge in [0.1, 0.15) is 0 Å². The molecule has 30 heavy (non-hydrogen) atoms. The molecule has 2 aromatic carbocycles. The minimum atomic E-state index is 0.221. The van der Waals surface area contributed by atoms with Gasteiger partial charge in [-0.05, 0) is 67.5 Å². The SMILES string of the molecule is O=C(c1ccc(N2CC=Cc3ccccc32)cc1)N1C2CCC1CN(CC1CC1)C2. The van der Waals surface area contributed by atoms with E-state index in [0.717, 1.165) is 49.6 Å². The average Bonchev–Trinajstić information content (AvgIpc) is 3.56. The normalized spacial score (nSPS) is 25.5. The summed E-state index contributed by atoms with van der Waals surface area (Å²) >= 11 is 0. The van der Waals surface area contributed by atoms with E-state index in [-0.39, 0.29) is 5.91 Å². The Kier molecular flexibility index (Phi) is 4.41. The van der Waals surface area contributed by atoms with Crippen LogP contribution in [0.3, 0.4) is 0 Å². The van der Waals surface area contributed by atoms with E-state index in [9.17, 15) is 4.79 Å². The number of anilines is 2. The number of rotatable bonds is 4. The van der Waals surface area contributed by atoms with Crippen LogP contribution in [0.4, 0.5) is 11.4 Å². The van der Waals surface area contributed by atoms with Gasteiger partial charge in [0.25, 0.3) is 5.91 Å². The molecule has 0 spiro atoms. The van der Waals surface area contributed by atoms with Gasteiger partial charge in [-0.15, -0.1) is 0 Å². The first-order valence-electron chi connectivity index (χ1n) is 11.4. The maximum absolute atomic E-state index is 13.4. The van der Waals surface area contributed by atoms with E-state index in [2.05, 4.69) is 63.2 Å². The fourth-order valence-electron chi connectivity index (χ4n) is 5.57. The fourth-order valence-corrected chi connectivity index (χ4v) is 5.57. The first kappa shape index (κ1) is 18.2. The second-order valence-electron chi connectivity index (χ2n) is 9.38. The van der Waals surface area contributed by atoms with Crippen LogP contribution >= 0.6 is 0 Å². The molecule has 0 N–H and O–H groups in total. The van der Waals surface area contributed by atoms with Gasteiger partial charge in [0.15, 0.2) is 0 Å². The predicted molar refractivity (Wildman–Crippen MR) is 121 cm³/mol. The number of carbonyl (C=O) groups excluding carboxylic acids is 1. The third-order valence-corrected chi connectivity index (χ3v) is 7.24. The summed E-state index contributed by atoms with van der Waals surface area (Å²) < 4.78 is 0. The van der Waals surface area contributed by atoms with Crippen molar-refractivity contribution < 1.29 is 4.79 Å². The van der Waals surface area contributed by atoms with E-state index in [1.807, 2.05) is 12.1 Å². The molecule has 4 heteroatoms. The lowest BCUT2D eigenvalue weighted by Gasteiger charge is -2.41. The maximum Gasteiger partial charge on any atom is 0.254 e. The van der Waals surface area contributed by atoms with E-state index in [0.29, 0.717) is 12.1 Å².